The number of carbonyl (C=O) groups excluding carboxylic acids is 1. The van der Waals surface area contributed by atoms with E-state index in [0.29, 0.717) is 5.92 Å². The van der Waals surface area contributed by atoms with Crippen molar-refractivity contribution in [2.45, 2.75) is 18.8 Å². The molecule has 0 aliphatic heterocycles. The number of amides is 1. The molecule has 4 rings (SSSR count). The highest BCUT2D eigenvalue weighted by atomic mass is 16.1. The Bertz CT molecular complexity index is 788. The van der Waals surface area contributed by atoms with Gasteiger partial charge in [0.1, 0.15) is 5.82 Å². The van der Waals surface area contributed by atoms with E-state index in [4.69, 9.17) is 0 Å². The van der Waals surface area contributed by atoms with Crippen LogP contribution in [0.5, 0.6) is 0 Å². The third-order valence-electron chi connectivity index (χ3n) is 4.16. The van der Waals surface area contributed by atoms with Crippen LogP contribution in [0.25, 0.3) is 10.8 Å². The number of rotatable bonds is 4. The van der Waals surface area contributed by atoms with E-state index in [1.807, 2.05) is 24.4 Å². The highest BCUT2D eigenvalue weighted by Gasteiger charge is 2.26. The first-order chi connectivity index (χ1) is 10.4. The fraction of sp³-hybridized carbons (Fsp3) is 0.167. The molecule has 104 valence electrons. The van der Waals surface area contributed by atoms with Gasteiger partial charge in [0.05, 0.1) is 5.69 Å². The van der Waals surface area contributed by atoms with Crippen LogP contribution >= 0.6 is 0 Å². The van der Waals surface area contributed by atoms with Crippen LogP contribution in [0.1, 0.15) is 24.3 Å². The Kier molecular flexibility index (Phi) is 2.78. The Balaban J connectivity index is 1.93. The summed E-state index contributed by atoms with van der Waals surface area (Å²) >= 11 is 0. The molecule has 1 amide bonds. The van der Waals surface area contributed by atoms with Gasteiger partial charge in [0, 0.05) is 11.6 Å². The van der Waals surface area contributed by atoms with Crippen molar-refractivity contribution in [1.29, 1.82) is 0 Å². The van der Waals surface area contributed by atoms with E-state index in [1.165, 1.54) is 23.8 Å². The summed E-state index contributed by atoms with van der Waals surface area (Å²) in [6, 6.07) is 16.4. The first kappa shape index (κ1) is 12.2. The van der Waals surface area contributed by atoms with E-state index in [9.17, 15) is 4.79 Å². The lowest BCUT2D eigenvalue weighted by molar-refractivity contribution is -0.106. The van der Waals surface area contributed by atoms with Crippen LogP contribution in [0.3, 0.4) is 0 Å². The van der Waals surface area contributed by atoms with Gasteiger partial charge in [-0.25, -0.2) is 0 Å². The number of hydrogen-bond acceptors (Lipinski definition) is 1. The zero-order valence-corrected chi connectivity index (χ0v) is 11.6. The molecule has 0 saturated heterocycles. The number of nitrogens with one attached hydrogen (secondary N) is 1. The van der Waals surface area contributed by atoms with E-state index in [0.717, 1.165) is 23.3 Å². The maximum Gasteiger partial charge on any atom is 0.219 e. The van der Waals surface area contributed by atoms with Crippen molar-refractivity contribution in [3.05, 3.63) is 60.3 Å². The van der Waals surface area contributed by atoms with Crippen LogP contribution < -0.4 is 4.90 Å². The number of benzene rings is 2. The van der Waals surface area contributed by atoms with Crippen LogP contribution in [0.4, 0.5) is 11.5 Å². The maximum atomic E-state index is 11.6. The molecule has 0 radical (unpaired) electrons. The molecule has 1 heterocycles. The summed E-state index contributed by atoms with van der Waals surface area (Å²) in [5.74, 6) is 1.48. The number of hydrogen-bond donors (Lipinski definition) is 1. The lowest BCUT2D eigenvalue weighted by atomic mass is 9.99. The van der Waals surface area contributed by atoms with Crippen LogP contribution in [0, 0.1) is 0 Å². The van der Waals surface area contributed by atoms with Crippen molar-refractivity contribution in [2.24, 2.45) is 0 Å². The molecule has 3 nitrogen and oxygen atoms in total. The molecular weight excluding hydrogens is 260 g/mol. The fourth-order valence-electron chi connectivity index (χ4n) is 2.98. The molecule has 0 unspecified atom stereocenters. The van der Waals surface area contributed by atoms with Gasteiger partial charge in [0.25, 0.3) is 0 Å². The van der Waals surface area contributed by atoms with Crippen LogP contribution in [0.2, 0.25) is 0 Å². The Labute approximate surface area is 123 Å². The van der Waals surface area contributed by atoms with E-state index < -0.39 is 0 Å². The smallest absolute Gasteiger partial charge is 0.219 e. The summed E-state index contributed by atoms with van der Waals surface area (Å²) in [6.45, 7) is 0. The molecule has 1 fully saturated rings. The van der Waals surface area contributed by atoms with Crippen LogP contribution in [-0.4, -0.2) is 11.4 Å². The van der Waals surface area contributed by atoms with Crippen molar-refractivity contribution in [2.75, 3.05) is 4.90 Å². The molecule has 21 heavy (non-hydrogen) atoms. The lowest BCUT2D eigenvalue weighted by Crippen LogP contribution is -2.14. The third-order valence-corrected chi connectivity index (χ3v) is 4.16. The van der Waals surface area contributed by atoms with Crippen molar-refractivity contribution in [3.8, 4) is 0 Å². The molecule has 0 atom stereocenters. The van der Waals surface area contributed by atoms with E-state index in [-0.39, 0.29) is 0 Å². The maximum absolute atomic E-state index is 11.6. The summed E-state index contributed by atoms with van der Waals surface area (Å²) in [5, 5.41) is 2.39. The van der Waals surface area contributed by atoms with Crippen LogP contribution in [0.15, 0.2) is 54.7 Å². The Hall–Kier alpha value is -2.55. The third kappa shape index (κ3) is 2.02. The molecular formula is C18H16N2O. The second-order valence-corrected chi connectivity index (χ2v) is 5.52. The Morgan fingerprint density at radius 2 is 1.81 bits per heavy atom. The molecule has 2 aromatic carbocycles. The van der Waals surface area contributed by atoms with Gasteiger partial charge in [-0.05, 0) is 47.9 Å². The lowest BCUT2D eigenvalue weighted by Gasteiger charge is -2.19. The average Bonchev–Trinajstić information content (AvgIpc) is 3.23. The van der Waals surface area contributed by atoms with Crippen molar-refractivity contribution >= 4 is 28.7 Å². The number of fused-ring (bicyclic) bond motifs is 1. The largest absolute Gasteiger partial charge is 0.348 e. The quantitative estimate of drug-likeness (QED) is 0.707. The number of anilines is 2. The van der Waals surface area contributed by atoms with Crippen molar-refractivity contribution in [3.63, 3.8) is 0 Å². The number of nitrogens with zero attached hydrogens (tertiary/aromatic N) is 1. The first-order valence-corrected chi connectivity index (χ1v) is 7.28. The zero-order valence-electron chi connectivity index (χ0n) is 11.6. The Morgan fingerprint density at radius 3 is 2.48 bits per heavy atom. The monoisotopic (exact) mass is 276 g/mol. The standard InChI is InChI=1S/C18H16N2O/c21-12-20(18-6-3-11-19-18)17-10-9-14(13-7-8-13)15-4-1-2-5-16(15)17/h1-6,9-13,19H,7-8H2. The second-order valence-electron chi connectivity index (χ2n) is 5.52. The van der Waals surface area contributed by atoms with Gasteiger partial charge in [0.2, 0.25) is 6.41 Å². The molecule has 1 aliphatic carbocycles. The van der Waals surface area contributed by atoms with Crippen molar-refractivity contribution in [1.82, 2.24) is 4.98 Å². The Morgan fingerprint density at radius 1 is 1.00 bits per heavy atom. The van der Waals surface area contributed by atoms with Gasteiger partial charge in [0.15, 0.2) is 0 Å². The second kappa shape index (κ2) is 4.77. The van der Waals surface area contributed by atoms with E-state index in [1.54, 1.807) is 4.90 Å². The SMILES string of the molecule is O=CN(c1ccc[nH]1)c1ccc(C2CC2)c2ccccc12. The van der Waals surface area contributed by atoms with Gasteiger partial charge in [-0.15, -0.1) is 0 Å². The van der Waals surface area contributed by atoms with E-state index >= 15 is 0 Å². The summed E-state index contributed by atoms with van der Waals surface area (Å²) in [7, 11) is 0. The first-order valence-electron chi connectivity index (χ1n) is 7.28. The normalized spacial score (nSPS) is 14.3. The predicted octanol–water partition coefficient (Wildman–Crippen LogP) is 4.34. The highest BCUT2D eigenvalue weighted by Crippen LogP contribution is 2.45. The molecule has 1 aromatic heterocycles. The minimum Gasteiger partial charge on any atom is -0.348 e. The average molecular weight is 276 g/mol. The topological polar surface area (TPSA) is 36.1 Å². The minimum atomic E-state index is 0.694. The summed E-state index contributed by atoms with van der Waals surface area (Å²) < 4.78 is 0. The highest BCUT2D eigenvalue weighted by molar-refractivity contribution is 6.03. The number of carbonyl (C=O) groups is 1. The molecule has 1 N–H and O–H groups in total. The molecule has 3 aromatic rings. The van der Waals surface area contributed by atoms with Gasteiger partial charge in [-0.1, -0.05) is 30.3 Å². The van der Waals surface area contributed by atoms with Gasteiger partial charge >= 0.3 is 0 Å². The number of H-pyrrole nitrogens is 1. The predicted molar refractivity (Wildman–Crippen MR) is 84.9 cm³/mol. The summed E-state index contributed by atoms with van der Waals surface area (Å²) in [5.41, 5.74) is 2.33. The van der Waals surface area contributed by atoms with Crippen molar-refractivity contribution < 1.29 is 4.79 Å². The van der Waals surface area contributed by atoms with Gasteiger partial charge < -0.3 is 4.98 Å². The summed E-state index contributed by atoms with van der Waals surface area (Å²) in [4.78, 5) is 16.3. The summed E-state index contributed by atoms with van der Waals surface area (Å²) in [6.07, 6.45) is 5.24. The molecule has 1 saturated carbocycles. The zero-order chi connectivity index (χ0) is 14.2. The molecule has 0 bridgehead atoms. The molecule has 0 spiro atoms. The fourth-order valence-corrected chi connectivity index (χ4v) is 2.98. The van der Waals surface area contributed by atoms with Crippen LogP contribution in [-0.2, 0) is 4.79 Å². The minimum absolute atomic E-state index is 0.694. The van der Waals surface area contributed by atoms with Gasteiger partial charge in [-0.2, -0.15) is 0 Å². The number of aromatic nitrogens is 1. The van der Waals surface area contributed by atoms with Gasteiger partial charge in [-0.3, -0.25) is 9.69 Å². The van der Waals surface area contributed by atoms with E-state index in [2.05, 4.69) is 35.3 Å². The molecule has 1 aliphatic rings. The number of aromatic amines is 1. The molecule has 3 heteroatoms.